The second-order valence-corrected chi connectivity index (χ2v) is 4.01. The van der Waals surface area contributed by atoms with Crippen LogP contribution in [-0.2, 0) is 6.54 Å². The van der Waals surface area contributed by atoms with Crippen LogP contribution < -0.4 is 10.1 Å². The van der Waals surface area contributed by atoms with E-state index in [0.717, 1.165) is 11.3 Å². The minimum Gasteiger partial charge on any atom is -0.439 e. The topological polar surface area (TPSA) is 34.1 Å². The summed E-state index contributed by atoms with van der Waals surface area (Å²) in [6, 6.07) is 10.0. The highest BCUT2D eigenvalue weighted by atomic mass is 19.1. The molecular weight excluding hydrogens is 231 g/mol. The van der Waals surface area contributed by atoms with Gasteiger partial charge in [-0.3, -0.25) is 0 Å². The van der Waals surface area contributed by atoms with Crippen molar-refractivity contribution < 1.29 is 9.13 Å². The van der Waals surface area contributed by atoms with Gasteiger partial charge in [0.1, 0.15) is 11.6 Å². The molecule has 3 nitrogen and oxygen atoms in total. The molecule has 0 atom stereocenters. The fourth-order valence-corrected chi connectivity index (χ4v) is 1.63. The summed E-state index contributed by atoms with van der Waals surface area (Å²) in [5, 5.41) is 3.03. The second-order valence-electron chi connectivity index (χ2n) is 4.01. The Morgan fingerprint density at radius 1 is 1.28 bits per heavy atom. The van der Waals surface area contributed by atoms with Crippen LogP contribution in [0.4, 0.5) is 4.39 Å². The van der Waals surface area contributed by atoms with Crippen LogP contribution in [0, 0.1) is 12.7 Å². The van der Waals surface area contributed by atoms with Crippen LogP contribution in [0.25, 0.3) is 0 Å². The normalized spacial score (nSPS) is 10.4. The summed E-state index contributed by atoms with van der Waals surface area (Å²) < 4.78 is 18.6. The molecule has 0 spiro atoms. The molecule has 0 fully saturated rings. The summed E-state index contributed by atoms with van der Waals surface area (Å²) in [6.45, 7) is 2.48. The number of rotatable bonds is 4. The number of nitrogens with zero attached hydrogens (tertiary/aromatic N) is 1. The van der Waals surface area contributed by atoms with E-state index in [2.05, 4.69) is 10.3 Å². The van der Waals surface area contributed by atoms with Crippen molar-refractivity contribution in [1.29, 1.82) is 0 Å². The van der Waals surface area contributed by atoms with E-state index in [1.165, 1.54) is 12.1 Å². The van der Waals surface area contributed by atoms with Gasteiger partial charge in [0, 0.05) is 12.6 Å². The van der Waals surface area contributed by atoms with Crippen LogP contribution >= 0.6 is 0 Å². The number of hydrogen-bond acceptors (Lipinski definition) is 3. The maximum absolute atomic E-state index is 13.0. The smallest absolute Gasteiger partial charge is 0.219 e. The van der Waals surface area contributed by atoms with Gasteiger partial charge in [-0.15, -0.1) is 0 Å². The minimum absolute atomic E-state index is 0.267. The van der Waals surface area contributed by atoms with Gasteiger partial charge in [0.2, 0.25) is 5.88 Å². The summed E-state index contributed by atoms with van der Waals surface area (Å²) in [5.74, 6) is 0.861. The lowest BCUT2D eigenvalue weighted by Gasteiger charge is -2.08. The predicted molar refractivity (Wildman–Crippen MR) is 68.2 cm³/mol. The number of benzene rings is 1. The predicted octanol–water partition coefficient (Wildman–Crippen LogP) is 3.04. The zero-order chi connectivity index (χ0) is 13.0. The van der Waals surface area contributed by atoms with Gasteiger partial charge in [-0.05, 0) is 43.8 Å². The maximum atomic E-state index is 13.0. The largest absolute Gasteiger partial charge is 0.439 e. The first kappa shape index (κ1) is 12.5. The first-order valence-corrected chi connectivity index (χ1v) is 5.73. The molecule has 1 heterocycles. The van der Waals surface area contributed by atoms with Crippen LogP contribution in [0.15, 0.2) is 36.4 Å². The van der Waals surface area contributed by atoms with Gasteiger partial charge in [0.15, 0.2) is 0 Å². The van der Waals surface area contributed by atoms with Gasteiger partial charge in [-0.1, -0.05) is 6.07 Å². The second kappa shape index (κ2) is 5.60. The van der Waals surface area contributed by atoms with E-state index in [-0.39, 0.29) is 5.82 Å². The van der Waals surface area contributed by atoms with Crippen molar-refractivity contribution >= 4 is 0 Å². The number of nitrogens with one attached hydrogen (secondary N) is 1. The van der Waals surface area contributed by atoms with Crippen molar-refractivity contribution in [3.8, 4) is 11.6 Å². The fourth-order valence-electron chi connectivity index (χ4n) is 1.63. The lowest BCUT2D eigenvalue weighted by Crippen LogP contribution is -2.07. The Kier molecular flexibility index (Phi) is 3.89. The summed E-state index contributed by atoms with van der Waals surface area (Å²) in [5.41, 5.74) is 1.64. The van der Waals surface area contributed by atoms with Gasteiger partial charge in [-0.25, -0.2) is 9.37 Å². The Morgan fingerprint density at radius 2 is 2.11 bits per heavy atom. The van der Waals surface area contributed by atoms with Crippen molar-refractivity contribution in [1.82, 2.24) is 10.3 Å². The first-order chi connectivity index (χ1) is 8.69. The molecule has 1 N–H and O–H groups in total. The van der Waals surface area contributed by atoms with Gasteiger partial charge in [0.05, 0.1) is 5.69 Å². The third-order valence-corrected chi connectivity index (χ3v) is 2.49. The summed E-state index contributed by atoms with van der Waals surface area (Å²) in [6.07, 6.45) is 0. The quantitative estimate of drug-likeness (QED) is 0.900. The van der Waals surface area contributed by atoms with E-state index in [1.807, 2.05) is 19.2 Å². The third kappa shape index (κ3) is 3.05. The van der Waals surface area contributed by atoms with Gasteiger partial charge >= 0.3 is 0 Å². The Balaban J connectivity index is 2.20. The molecule has 2 aromatic rings. The first-order valence-electron chi connectivity index (χ1n) is 5.73. The summed E-state index contributed by atoms with van der Waals surface area (Å²) in [4.78, 5) is 4.34. The number of pyridine rings is 1. The van der Waals surface area contributed by atoms with Crippen LogP contribution in [0.1, 0.15) is 11.3 Å². The molecule has 2 rings (SSSR count). The van der Waals surface area contributed by atoms with Gasteiger partial charge in [-0.2, -0.15) is 0 Å². The zero-order valence-corrected chi connectivity index (χ0v) is 10.4. The molecule has 1 aromatic carbocycles. The highest BCUT2D eigenvalue weighted by molar-refractivity contribution is 5.35. The molecule has 0 unspecified atom stereocenters. The number of halogens is 1. The molecule has 4 heteroatoms. The van der Waals surface area contributed by atoms with E-state index in [0.29, 0.717) is 18.2 Å². The standard InChI is InChI=1S/C14H15FN2O/c1-10-8-11(15)6-7-13(10)18-14-5-3-4-12(17-14)9-16-2/h3-8,16H,9H2,1-2H3. The third-order valence-electron chi connectivity index (χ3n) is 2.49. The van der Waals surface area contributed by atoms with E-state index in [9.17, 15) is 4.39 Å². The van der Waals surface area contributed by atoms with Crippen molar-refractivity contribution in [3.63, 3.8) is 0 Å². The molecule has 0 aliphatic heterocycles. The molecule has 0 saturated heterocycles. The molecular formula is C14H15FN2O. The molecule has 0 aliphatic carbocycles. The molecule has 0 saturated carbocycles. The Bertz CT molecular complexity index is 543. The molecule has 0 aliphatic rings. The number of hydrogen-bond donors (Lipinski definition) is 1. The molecule has 0 bridgehead atoms. The Labute approximate surface area is 106 Å². The lowest BCUT2D eigenvalue weighted by atomic mass is 10.2. The Hall–Kier alpha value is -1.94. The van der Waals surface area contributed by atoms with E-state index < -0.39 is 0 Å². The lowest BCUT2D eigenvalue weighted by molar-refractivity contribution is 0.455. The van der Waals surface area contributed by atoms with Crippen molar-refractivity contribution in [2.24, 2.45) is 0 Å². The summed E-state index contributed by atoms with van der Waals surface area (Å²) in [7, 11) is 1.86. The highest BCUT2D eigenvalue weighted by Crippen LogP contribution is 2.24. The monoisotopic (exact) mass is 246 g/mol. The average Bonchev–Trinajstić information content (AvgIpc) is 2.34. The van der Waals surface area contributed by atoms with Gasteiger partial charge < -0.3 is 10.1 Å². The SMILES string of the molecule is CNCc1cccc(Oc2ccc(F)cc2C)n1. The Morgan fingerprint density at radius 3 is 2.83 bits per heavy atom. The van der Waals surface area contributed by atoms with Crippen LogP contribution in [0.5, 0.6) is 11.6 Å². The average molecular weight is 246 g/mol. The van der Waals surface area contributed by atoms with Crippen LogP contribution in [-0.4, -0.2) is 12.0 Å². The highest BCUT2D eigenvalue weighted by Gasteiger charge is 2.04. The fraction of sp³-hybridized carbons (Fsp3) is 0.214. The van der Waals surface area contributed by atoms with Crippen LogP contribution in [0.3, 0.4) is 0 Å². The number of ether oxygens (including phenoxy) is 1. The van der Waals surface area contributed by atoms with Crippen molar-refractivity contribution in [2.45, 2.75) is 13.5 Å². The molecule has 94 valence electrons. The number of aryl methyl sites for hydroxylation is 1. The molecule has 0 amide bonds. The van der Waals surface area contributed by atoms with Gasteiger partial charge in [0.25, 0.3) is 0 Å². The van der Waals surface area contributed by atoms with E-state index in [1.54, 1.807) is 19.1 Å². The van der Waals surface area contributed by atoms with Crippen LogP contribution in [0.2, 0.25) is 0 Å². The molecule has 18 heavy (non-hydrogen) atoms. The summed E-state index contributed by atoms with van der Waals surface area (Å²) >= 11 is 0. The maximum Gasteiger partial charge on any atom is 0.219 e. The number of aromatic nitrogens is 1. The van der Waals surface area contributed by atoms with E-state index >= 15 is 0 Å². The van der Waals surface area contributed by atoms with E-state index in [4.69, 9.17) is 4.74 Å². The molecule has 1 aromatic heterocycles. The minimum atomic E-state index is -0.267. The van der Waals surface area contributed by atoms with Crippen molar-refractivity contribution in [2.75, 3.05) is 7.05 Å². The van der Waals surface area contributed by atoms with Crippen molar-refractivity contribution in [3.05, 3.63) is 53.5 Å². The zero-order valence-electron chi connectivity index (χ0n) is 10.4. The molecule has 0 radical (unpaired) electrons.